The largest absolute Gasteiger partial charge is 0.356 e. The van der Waals surface area contributed by atoms with Crippen LogP contribution in [-0.4, -0.2) is 58.2 Å². The third-order valence-electron chi connectivity index (χ3n) is 5.05. The second-order valence-electron chi connectivity index (χ2n) is 7.25. The summed E-state index contributed by atoms with van der Waals surface area (Å²) in [4.78, 5) is 4.29. The molecule has 1 fully saturated rings. The molecular formula is C19H32N4O2S. The molecule has 1 atom stereocenters. The van der Waals surface area contributed by atoms with E-state index in [-0.39, 0.29) is 0 Å². The molecule has 1 unspecified atom stereocenters. The van der Waals surface area contributed by atoms with Gasteiger partial charge < -0.3 is 10.6 Å². The third-order valence-corrected chi connectivity index (χ3v) is 6.35. The first kappa shape index (κ1) is 20.7. The van der Waals surface area contributed by atoms with E-state index in [4.69, 9.17) is 0 Å². The minimum atomic E-state index is -3.06. The number of benzene rings is 1. The highest BCUT2D eigenvalue weighted by molar-refractivity contribution is 7.88. The first-order valence-corrected chi connectivity index (χ1v) is 11.1. The van der Waals surface area contributed by atoms with E-state index in [0.29, 0.717) is 24.9 Å². The zero-order valence-corrected chi connectivity index (χ0v) is 17.1. The number of aliphatic imine (C=N–C) groups is 1. The van der Waals surface area contributed by atoms with Gasteiger partial charge in [0.1, 0.15) is 0 Å². The standard InChI is InChI=1S/C19H32N4O2S/c1-15-5-7-18(8-6-15)16(2)13-21-19(20-3)22-14-17-9-11-23(12-10-17)26(4,24)25/h5-8,16-17H,9-14H2,1-4H3,(H2,20,21,22). The topological polar surface area (TPSA) is 73.8 Å². The van der Waals surface area contributed by atoms with Crippen molar-refractivity contribution in [2.75, 3.05) is 39.5 Å². The van der Waals surface area contributed by atoms with Gasteiger partial charge in [-0.15, -0.1) is 0 Å². The molecule has 0 saturated carbocycles. The monoisotopic (exact) mass is 380 g/mol. The van der Waals surface area contributed by atoms with Crippen molar-refractivity contribution in [2.45, 2.75) is 32.6 Å². The van der Waals surface area contributed by atoms with Gasteiger partial charge in [-0.1, -0.05) is 36.8 Å². The lowest BCUT2D eigenvalue weighted by atomic mass is 9.98. The fourth-order valence-corrected chi connectivity index (χ4v) is 4.04. The van der Waals surface area contributed by atoms with E-state index in [1.54, 1.807) is 11.4 Å². The molecule has 0 aliphatic carbocycles. The van der Waals surface area contributed by atoms with E-state index in [9.17, 15) is 8.42 Å². The Hall–Kier alpha value is -1.60. The van der Waals surface area contributed by atoms with Gasteiger partial charge in [0.05, 0.1) is 6.26 Å². The zero-order chi connectivity index (χ0) is 19.2. The Kier molecular flexibility index (Phi) is 7.46. The van der Waals surface area contributed by atoms with Crippen molar-refractivity contribution in [1.29, 1.82) is 0 Å². The summed E-state index contributed by atoms with van der Waals surface area (Å²) in [6.07, 6.45) is 3.06. The number of guanidine groups is 1. The number of piperidine rings is 1. The molecular weight excluding hydrogens is 348 g/mol. The second kappa shape index (κ2) is 9.37. The Morgan fingerprint density at radius 2 is 1.85 bits per heavy atom. The average molecular weight is 381 g/mol. The number of nitrogens with one attached hydrogen (secondary N) is 2. The summed E-state index contributed by atoms with van der Waals surface area (Å²) in [5.41, 5.74) is 2.58. The third kappa shape index (κ3) is 6.29. The van der Waals surface area contributed by atoms with E-state index in [0.717, 1.165) is 31.9 Å². The average Bonchev–Trinajstić information content (AvgIpc) is 2.62. The number of hydrogen-bond donors (Lipinski definition) is 2. The van der Waals surface area contributed by atoms with Crippen LogP contribution in [0.2, 0.25) is 0 Å². The first-order valence-electron chi connectivity index (χ1n) is 9.25. The molecule has 0 bridgehead atoms. The number of hydrogen-bond acceptors (Lipinski definition) is 3. The van der Waals surface area contributed by atoms with Crippen molar-refractivity contribution in [1.82, 2.24) is 14.9 Å². The summed E-state index contributed by atoms with van der Waals surface area (Å²) < 4.78 is 24.7. The lowest BCUT2D eigenvalue weighted by Crippen LogP contribution is -2.44. The maximum absolute atomic E-state index is 11.6. The summed E-state index contributed by atoms with van der Waals surface area (Å²) >= 11 is 0. The van der Waals surface area contributed by atoms with Gasteiger partial charge in [0.15, 0.2) is 5.96 Å². The predicted molar refractivity (Wildman–Crippen MR) is 108 cm³/mol. The molecule has 1 aliphatic heterocycles. The van der Waals surface area contributed by atoms with Gasteiger partial charge in [0.2, 0.25) is 10.0 Å². The summed E-state index contributed by atoms with van der Waals surface area (Å²) in [6, 6.07) is 8.63. The molecule has 2 rings (SSSR count). The minimum absolute atomic E-state index is 0.396. The van der Waals surface area contributed by atoms with Crippen LogP contribution < -0.4 is 10.6 Å². The van der Waals surface area contributed by atoms with Crippen molar-refractivity contribution in [3.05, 3.63) is 35.4 Å². The van der Waals surface area contributed by atoms with Crippen LogP contribution in [0.4, 0.5) is 0 Å². The lowest BCUT2D eigenvalue weighted by Gasteiger charge is -2.30. The van der Waals surface area contributed by atoms with E-state index in [2.05, 4.69) is 53.7 Å². The highest BCUT2D eigenvalue weighted by atomic mass is 32.2. The van der Waals surface area contributed by atoms with Gasteiger partial charge in [-0.05, 0) is 37.2 Å². The molecule has 1 aromatic carbocycles. The summed E-state index contributed by atoms with van der Waals surface area (Å²) in [5.74, 6) is 1.67. The molecule has 6 nitrogen and oxygen atoms in total. The minimum Gasteiger partial charge on any atom is -0.356 e. The van der Waals surface area contributed by atoms with Crippen LogP contribution in [0.15, 0.2) is 29.3 Å². The smallest absolute Gasteiger partial charge is 0.211 e. The Morgan fingerprint density at radius 3 is 2.38 bits per heavy atom. The van der Waals surface area contributed by atoms with Crippen LogP contribution in [-0.2, 0) is 10.0 Å². The molecule has 7 heteroatoms. The maximum Gasteiger partial charge on any atom is 0.211 e. The van der Waals surface area contributed by atoms with Crippen LogP contribution >= 0.6 is 0 Å². The van der Waals surface area contributed by atoms with Crippen molar-refractivity contribution < 1.29 is 8.42 Å². The van der Waals surface area contributed by atoms with Gasteiger partial charge >= 0.3 is 0 Å². The Labute approximate surface area is 158 Å². The van der Waals surface area contributed by atoms with Crippen molar-refractivity contribution in [2.24, 2.45) is 10.9 Å². The first-order chi connectivity index (χ1) is 12.3. The number of rotatable bonds is 6. The zero-order valence-electron chi connectivity index (χ0n) is 16.3. The Morgan fingerprint density at radius 1 is 1.23 bits per heavy atom. The van der Waals surface area contributed by atoms with Gasteiger partial charge in [-0.2, -0.15) is 0 Å². The molecule has 1 heterocycles. The van der Waals surface area contributed by atoms with Gasteiger partial charge in [0.25, 0.3) is 0 Å². The highest BCUT2D eigenvalue weighted by Gasteiger charge is 2.24. The molecule has 0 radical (unpaired) electrons. The predicted octanol–water partition coefficient (Wildman–Crippen LogP) is 1.94. The van der Waals surface area contributed by atoms with E-state index in [1.807, 2.05) is 0 Å². The van der Waals surface area contributed by atoms with E-state index < -0.39 is 10.0 Å². The van der Waals surface area contributed by atoms with Gasteiger partial charge in [-0.25, -0.2) is 12.7 Å². The molecule has 0 aromatic heterocycles. The fraction of sp³-hybridized carbons (Fsp3) is 0.632. The maximum atomic E-state index is 11.6. The van der Waals surface area contributed by atoms with Crippen molar-refractivity contribution in [3.63, 3.8) is 0 Å². The van der Waals surface area contributed by atoms with Crippen LogP contribution in [0, 0.1) is 12.8 Å². The van der Waals surface area contributed by atoms with E-state index in [1.165, 1.54) is 17.4 Å². The second-order valence-corrected chi connectivity index (χ2v) is 9.23. The molecule has 146 valence electrons. The summed E-state index contributed by atoms with van der Waals surface area (Å²) in [6.45, 7) is 7.15. The normalized spacial score (nSPS) is 18.5. The number of sulfonamides is 1. The number of nitrogens with zero attached hydrogens (tertiary/aromatic N) is 2. The molecule has 26 heavy (non-hydrogen) atoms. The fourth-order valence-electron chi connectivity index (χ4n) is 3.17. The lowest BCUT2D eigenvalue weighted by molar-refractivity contribution is 0.275. The number of aryl methyl sites for hydroxylation is 1. The Balaban J connectivity index is 1.74. The van der Waals surface area contributed by atoms with Crippen LogP contribution in [0.3, 0.4) is 0 Å². The molecule has 0 spiro atoms. The summed E-state index contributed by atoms with van der Waals surface area (Å²) in [7, 11) is -1.28. The van der Waals surface area contributed by atoms with Crippen molar-refractivity contribution in [3.8, 4) is 0 Å². The van der Waals surface area contributed by atoms with E-state index >= 15 is 0 Å². The molecule has 2 N–H and O–H groups in total. The highest BCUT2D eigenvalue weighted by Crippen LogP contribution is 2.18. The molecule has 1 aliphatic rings. The quantitative estimate of drug-likeness (QED) is 0.584. The molecule has 1 saturated heterocycles. The van der Waals surface area contributed by atoms with Crippen molar-refractivity contribution >= 4 is 16.0 Å². The SMILES string of the molecule is CN=C(NCC1CCN(S(C)(=O)=O)CC1)NCC(C)c1ccc(C)cc1. The summed E-state index contributed by atoms with van der Waals surface area (Å²) in [5, 5.41) is 6.77. The molecule has 0 amide bonds. The molecule has 1 aromatic rings. The van der Waals surface area contributed by atoms with Crippen LogP contribution in [0.5, 0.6) is 0 Å². The van der Waals surface area contributed by atoms with Crippen LogP contribution in [0.1, 0.15) is 36.8 Å². The Bertz CT molecular complexity index is 693. The van der Waals surface area contributed by atoms with Crippen LogP contribution in [0.25, 0.3) is 0 Å². The van der Waals surface area contributed by atoms with Gasteiger partial charge in [0, 0.05) is 33.2 Å². The van der Waals surface area contributed by atoms with Gasteiger partial charge in [-0.3, -0.25) is 4.99 Å².